The number of amides is 1. The van der Waals surface area contributed by atoms with E-state index in [2.05, 4.69) is 21.2 Å². The van der Waals surface area contributed by atoms with E-state index in [4.69, 9.17) is 4.74 Å². The van der Waals surface area contributed by atoms with Crippen LogP contribution in [0.25, 0.3) is 0 Å². The molecule has 1 N–H and O–H groups in total. The molecule has 0 aromatic carbocycles. The van der Waals surface area contributed by atoms with Crippen molar-refractivity contribution in [3.63, 3.8) is 0 Å². The summed E-state index contributed by atoms with van der Waals surface area (Å²) in [7, 11) is 1.65. The maximum Gasteiger partial charge on any atom is 0.220 e. The third-order valence-corrected chi connectivity index (χ3v) is 2.61. The average molecular weight is 266 g/mol. The van der Waals surface area contributed by atoms with Crippen molar-refractivity contribution in [3.05, 3.63) is 0 Å². The highest BCUT2D eigenvalue weighted by Crippen LogP contribution is 2.05. The highest BCUT2D eigenvalue weighted by atomic mass is 79.9. The first-order chi connectivity index (χ1) is 6.52. The Morgan fingerprint density at radius 3 is 2.57 bits per heavy atom. The Morgan fingerprint density at radius 1 is 1.43 bits per heavy atom. The topological polar surface area (TPSA) is 38.3 Å². The first-order valence-electron chi connectivity index (χ1n) is 4.89. The van der Waals surface area contributed by atoms with E-state index in [0.29, 0.717) is 13.0 Å². The first-order valence-corrected chi connectivity index (χ1v) is 6.02. The highest BCUT2D eigenvalue weighted by molar-refractivity contribution is 9.09. The molecule has 0 aromatic rings. The van der Waals surface area contributed by atoms with E-state index in [-0.39, 0.29) is 11.5 Å². The number of carbonyl (C=O) groups excluding carboxylic acids is 1. The lowest BCUT2D eigenvalue weighted by atomic mass is 10.1. The van der Waals surface area contributed by atoms with Gasteiger partial charge in [-0.3, -0.25) is 4.79 Å². The van der Waals surface area contributed by atoms with Crippen LogP contribution in [0.1, 0.15) is 33.1 Å². The van der Waals surface area contributed by atoms with Gasteiger partial charge in [-0.15, -0.1) is 0 Å². The van der Waals surface area contributed by atoms with Gasteiger partial charge in [-0.1, -0.05) is 15.9 Å². The highest BCUT2D eigenvalue weighted by Gasteiger charge is 2.16. The van der Waals surface area contributed by atoms with E-state index in [0.717, 1.165) is 18.2 Å². The van der Waals surface area contributed by atoms with Crippen molar-refractivity contribution in [2.75, 3.05) is 19.0 Å². The Morgan fingerprint density at radius 2 is 2.07 bits per heavy atom. The summed E-state index contributed by atoms with van der Waals surface area (Å²) in [6.07, 6.45) is 2.58. The molecule has 4 heteroatoms. The van der Waals surface area contributed by atoms with Gasteiger partial charge in [-0.25, -0.2) is 0 Å². The molecule has 3 nitrogen and oxygen atoms in total. The summed E-state index contributed by atoms with van der Waals surface area (Å²) in [5.74, 6) is 0.107. The summed E-state index contributed by atoms with van der Waals surface area (Å²) in [6.45, 7) is 4.47. The zero-order valence-electron chi connectivity index (χ0n) is 9.23. The van der Waals surface area contributed by atoms with E-state index >= 15 is 0 Å². The normalized spacial score (nSPS) is 11.4. The first kappa shape index (κ1) is 13.9. The van der Waals surface area contributed by atoms with Crippen LogP contribution in [0.3, 0.4) is 0 Å². The van der Waals surface area contributed by atoms with Gasteiger partial charge in [0, 0.05) is 25.4 Å². The fraction of sp³-hybridized carbons (Fsp3) is 0.900. The van der Waals surface area contributed by atoms with Crippen molar-refractivity contribution < 1.29 is 9.53 Å². The molecule has 0 unspecified atom stereocenters. The Hall–Kier alpha value is -0.0900. The number of ether oxygens (including phenoxy) is 1. The number of nitrogens with one attached hydrogen (secondary N) is 1. The van der Waals surface area contributed by atoms with E-state index in [1.165, 1.54) is 0 Å². The van der Waals surface area contributed by atoms with Crippen molar-refractivity contribution in [2.45, 2.75) is 38.7 Å². The van der Waals surface area contributed by atoms with Crippen LogP contribution in [0.4, 0.5) is 0 Å². The van der Waals surface area contributed by atoms with Crippen LogP contribution in [-0.2, 0) is 9.53 Å². The maximum atomic E-state index is 11.3. The number of carbonyl (C=O) groups is 1. The fourth-order valence-electron chi connectivity index (χ4n) is 0.852. The van der Waals surface area contributed by atoms with Crippen LogP contribution in [0.2, 0.25) is 0 Å². The molecule has 14 heavy (non-hydrogen) atoms. The molecule has 0 rings (SSSR count). The van der Waals surface area contributed by atoms with Gasteiger partial charge in [0.05, 0.1) is 5.60 Å². The Kier molecular flexibility index (Phi) is 7.19. The van der Waals surface area contributed by atoms with E-state index in [1.54, 1.807) is 7.11 Å². The summed E-state index contributed by atoms with van der Waals surface area (Å²) >= 11 is 3.33. The van der Waals surface area contributed by atoms with Gasteiger partial charge in [0.25, 0.3) is 0 Å². The van der Waals surface area contributed by atoms with Crippen LogP contribution in [-0.4, -0.2) is 30.5 Å². The molecule has 0 fully saturated rings. The van der Waals surface area contributed by atoms with Gasteiger partial charge in [0.15, 0.2) is 0 Å². The number of methoxy groups -OCH3 is 1. The van der Waals surface area contributed by atoms with Crippen molar-refractivity contribution in [3.8, 4) is 0 Å². The van der Waals surface area contributed by atoms with Crippen molar-refractivity contribution >= 4 is 21.8 Å². The van der Waals surface area contributed by atoms with Gasteiger partial charge in [-0.2, -0.15) is 0 Å². The lowest BCUT2D eigenvalue weighted by Gasteiger charge is -2.23. The molecule has 0 bridgehead atoms. The van der Waals surface area contributed by atoms with E-state index in [1.807, 2.05) is 13.8 Å². The monoisotopic (exact) mass is 265 g/mol. The standard InChI is InChI=1S/C10H20BrNO2/c1-10(2,14-3)8-12-9(13)6-4-5-7-11/h4-8H2,1-3H3,(H,12,13). The molecule has 84 valence electrons. The number of unbranched alkanes of at least 4 members (excludes halogenated alkanes) is 1. The van der Waals surface area contributed by atoms with Crippen molar-refractivity contribution in [1.29, 1.82) is 0 Å². The molecule has 0 aliphatic rings. The molecule has 0 saturated heterocycles. The quantitative estimate of drug-likeness (QED) is 0.566. The lowest BCUT2D eigenvalue weighted by Crippen LogP contribution is -2.39. The van der Waals surface area contributed by atoms with Crippen LogP contribution in [0.15, 0.2) is 0 Å². The minimum atomic E-state index is -0.273. The summed E-state index contributed by atoms with van der Waals surface area (Å²) in [6, 6.07) is 0. The molecule has 0 spiro atoms. The van der Waals surface area contributed by atoms with E-state index in [9.17, 15) is 4.79 Å². The van der Waals surface area contributed by atoms with Crippen LogP contribution in [0.5, 0.6) is 0 Å². The molecule has 0 aromatic heterocycles. The largest absolute Gasteiger partial charge is 0.377 e. The van der Waals surface area contributed by atoms with Gasteiger partial charge in [0.1, 0.15) is 0 Å². The minimum absolute atomic E-state index is 0.107. The summed E-state index contributed by atoms with van der Waals surface area (Å²) in [5, 5.41) is 3.82. The van der Waals surface area contributed by atoms with Crippen LogP contribution < -0.4 is 5.32 Å². The SMILES string of the molecule is COC(C)(C)CNC(=O)CCCCBr. The Balaban J connectivity index is 3.53. The van der Waals surface area contributed by atoms with E-state index < -0.39 is 0 Å². The van der Waals surface area contributed by atoms with Gasteiger partial charge in [0.2, 0.25) is 5.91 Å². The predicted octanol–water partition coefficient (Wildman–Crippen LogP) is 2.09. The Labute approximate surface area is 94.7 Å². The predicted molar refractivity (Wildman–Crippen MR) is 61.7 cm³/mol. The zero-order valence-corrected chi connectivity index (χ0v) is 10.8. The summed E-state index contributed by atoms with van der Waals surface area (Å²) in [5.41, 5.74) is -0.273. The molecule has 0 saturated carbocycles. The number of rotatable bonds is 7. The average Bonchev–Trinajstić information content (AvgIpc) is 2.16. The maximum absolute atomic E-state index is 11.3. The Bertz CT molecular complexity index is 172. The van der Waals surface area contributed by atoms with Gasteiger partial charge < -0.3 is 10.1 Å². The lowest BCUT2D eigenvalue weighted by molar-refractivity contribution is -0.122. The molecule has 0 radical (unpaired) electrons. The van der Waals surface area contributed by atoms with Gasteiger partial charge in [-0.05, 0) is 26.7 Å². The number of alkyl halides is 1. The van der Waals surface area contributed by atoms with Crippen molar-refractivity contribution in [1.82, 2.24) is 5.32 Å². The summed E-state index contributed by atoms with van der Waals surface area (Å²) < 4.78 is 5.19. The molecular weight excluding hydrogens is 246 g/mol. The summed E-state index contributed by atoms with van der Waals surface area (Å²) in [4.78, 5) is 11.3. The molecule has 1 amide bonds. The van der Waals surface area contributed by atoms with Crippen LogP contribution >= 0.6 is 15.9 Å². The third kappa shape index (κ3) is 7.33. The second kappa shape index (κ2) is 7.23. The third-order valence-electron chi connectivity index (χ3n) is 2.05. The number of hydrogen-bond acceptors (Lipinski definition) is 2. The fourth-order valence-corrected chi connectivity index (χ4v) is 1.25. The molecule has 0 aliphatic carbocycles. The number of halogens is 1. The second-order valence-corrected chi connectivity index (χ2v) is 4.68. The minimum Gasteiger partial charge on any atom is -0.377 e. The molecular formula is C10H20BrNO2. The molecule has 0 atom stereocenters. The second-order valence-electron chi connectivity index (χ2n) is 3.89. The smallest absolute Gasteiger partial charge is 0.220 e. The zero-order chi connectivity index (χ0) is 11.0. The molecule has 0 heterocycles. The van der Waals surface area contributed by atoms with Crippen molar-refractivity contribution in [2.24, 2.45) is 0 Å². The van der Waals surface area contributed by atoms with Gasteiger partial charge >= 0.3 is 0 Å². The number of hydrogen-bond donors (Lipinski definition) is 1. The van der Waals surface area contributed by atoms with Crippen LogP contribution in [0, 0.1) is 0 Å². The molecule has 0 aliphatic heterocycles.